The van der Waals surface area contributed by atoms with Crippen molar-refractivity contribution >= 4 is 0 Å². The number of nitrogens with zero attached hydrogens (tertiary/aromatic N) is 2. The van der Waals surface area contributed by atoms with Gasteiger partial charge in [-0.15, -0.1) is 0 Å². The first-order valence-corrected chi connectivity index (χ1v) is 6.65. The van der Waals surface area contributed by atoms with E-state index in [2.05, 4.69) is 48.1 Å². The van der Waals surface area contributed by atoms with Gasteiger partial charge in [0, 0.05) is 25.3 Å². The fourth-order valence-electron chi connectivity index (χ4n) is 1.96. The van der Waals surface area contributed by atoms with E-state index in [1.165, 1.54) is 6.42 Å². The normalized spacial score (nSPS) is 12.9. The van der Waals surface area contributed by atoms with Crippen LogP contribution in [0.1, 0.15) is 32.9 Å². The van der Waals surface area contributed by atoms with Gasteiger partial charge in [-0.05, 0) is 31.6 Å². The van der Waals surface area contributed by atoms with Gasteiger partial charge in [0.2, 0.25) is 0 Å². The first-order chi connectivity index (χ1) is 8.30. The van der Waals surface area contributed by atoms with Crippen LogP contribution >= 0.6 is 0 Å². The Labute approximate surface area is 105 Å². The zero-order valence-corrected chi connectivity index (χ0v) is 11.3. The highest BCUT2D eigenvalue weighted by atomic mass is 15.1. The summed E-state index contributed by atoms with van der Waals surface area (Å²) in [7, 11) is 0. The second-order valence-corrected chi connectivity index (χ2v) is 4.31. The van der Waals surface area contributed by atoms with E-state index in [9.17, 15) is 0 Å². The summed E-state index contributed by atoms with van der Waals surface area (Å²) in [5.41, 5.74) is 1.15. The average Bonchev–Trinajstić information content (AvgIpc) is 2.38. The van der Waals surface area contributed by atoms with Crippen molar-refractivity contribution in [1.82, 2.24) is 15.2 Å². The molecule has 1 N–H and O–H groups in total. The van der Waals surface area contributed by atoms with Crippen molar-refractivity contribution in [2.24, 2.45) is 0 Å². The van der Waals surface area contributed by atoms with Gasteiger partial charge in [-0.25, -0.2) is 0 Å². The van der Waals surface area contributed by atoms with Crippen molar-refractivity contribution in [1.29, 1.82) is 0 Å². The molecule has 17 heavy (non-hydrogen) atoms. The summed E-state index contributed by atoms with van der Waals surface area (Å²) in [5, 5.41) is 3.52. The predicted molar refractivity (Wildman–Crippen MR) is 72.9 cm³/mol. The highest BCUT2D eigenvalue weighted by molar-refractivity contribution is 5.03. The maximum absolute atomic E-state index is 4.38. The topological polar surface area (TPSA) is 28.2 Å². The molecule has 1 atom stereocenters. The average molecular weight is 235 g/mol. The Bertz CT molecular complexity index is 287. The molecule has 0 amide bonds. The lowest BCUT2D eigenvalue weighted by molar-refractivity contribution is 0.240. The zero-order chi connectivity index (χ0) is 12.5. The Balaban J connectivity index is 2.48. The maximum atomic E-state index is 4.38. The van der Waals surface area contributed by atoms with E-state index in [4.69, 9.17) is 0 Å². The van der Waals surface area contributed by atoms with Gasteiger partial charge in [-0.3, -0.25) is 9.88 Å². The minimum atomic E-state index is 0.587. The fraction of sp³-hybridized carbons (Fsp3) is 0.643. The Morgan fingerprint density at radius 2 is 2.12 bits per heavy atom. The molecule has 3 heteroatoms. The van der Waals surface area contributed by atoms with Crippen LogP contribution in [0, 0.1) is 0 Å². The van der Waals surface area contributed by atoms with Crippen LogP contribution in [-0.2, 0) is 6.54 Å². The molecule has 0 aliphatic rings. The van der Waals surface area contributed by atoms with E-state index in [0.29, 0.717) is 6.04 Å². The molecule has 0 saturated heterocycles. The van der Waals surface area contributed by atoms with Gasteiger partial charge in [0.1, 0.15) is 0 Å². The number of likely N-dealkylation sites (N-methyl/N-ethyl adjacent to an activating group) is 2. The Morgan fingerprint density at radius 1 is 1.29 bits per heavy atom. The van der Waals surface area contributed by atoms with Gasteiger partial charge in [0.05, 0.1) is 5.69 Å². The van der Waals surface area contributed by atoms with Gasteiger partial charge in [0.15, 0.2) is 0 Å². The molecular formula is C14H25N3. The predicted octanol–water partition coefficient (Wildman–Crippen LogP) is 2.29. The molecule has 0 radical (unpaired) electrons. The largest absolute Gasteiger partial charge is 0.313 e. The van der Waals surface area contributed by atoms with Crippen LogP contribution in [0.3, 0.4) is 0 Å². The van der Waals surface area contributed by atoms with E-state index >= 15 is 0 Å². The first-order valence-electron chi connectivity index (χ1n) is 6.65. The summed E-state index contributed by atoms with van der Waals surface area (Å²) in [6, 6.07) is 6.70. The maximum Gasteiger partial charge on any atom is 0.0543 e. The van der Waals surface area contributed by atoms with Crippen molar-refractivity contribution in [2.45, 2.75) is 39.8 Å². The number of hydrogen-bond donors (Lipinski definition) is 1. The van der Waals surface area contributed by atoms with Crippen molar-refractivity contribution in [3.05, 3.63) is 30.1 Å². The van der Waals surface area contributed by atoms with Crippen LogP contribution in [0.2, 0.25) is 0 Å². The fourth-order valence-corrected chi connectivity index (χ4v) is 1.96. The molecule has 0 aliphatic heterocycles. The van der Waals surface area contributed by atoms with Gasteiger partial charge in [0.25, 0.3) is 0 Å². The lowest BCUT2D eigenvalue weighted by atomic mass is 10.2. The first kappa shape index (κ1) is 14.1. The summed E-state index contributed by atoms with van der Waals surface area (Å²) in [6.45, 7) is 10.8. The molecule has 1 rings (SSSR count). The molecule has 1 unspecified atom stereocenters. The molecule has 0 aromatic carbocycles. The molecule has 0 spiro atoms. The SMILES string of the molecule is CCNC(CC)CN(CC)Cc1ccccn1. The van der Waals surface area contributed by atoms with Crippen molar-refractivity contribution < 1.29 is 0 Å². The standard InChI is InChI=1S/C14H25N3/c1-4-13(15-5-2)11-17(6-3)12-14-9-7-8-10-16-14/h7-10,13,15H,4-6,11-12H2,1-3H3. The zero-order valence-electron chi connectivity index (χ0n) is 11.3. The second kappa shape index (κ2) is 8.20. The van der Waals surface area contributed by atoms with Gasteiger partial charge < -0.3 is 5.32 Å². The van der Waals surface area contributed by atoms with Crippen LogP contribution in [0.15, 0.2) is 24.4 Å². The monoisotopic (exact) mass is 235 g/mol. The molecular weight excluding hydrogens is 210 g/mol. The van der Waals surface area contributed by atoms with Crippen LogP contribution in [0.25, 0.3) is 0 Å². The molecule has 0 bridgehead atoms. The molecule has 0 aliphatic carbocycles. The van der Waals surface area contributed by atoms with Gasteiger partial charge in [-0.2, -0.15) is 0 Å². The third kappa shape index (κ3) is 5.29. The van der Waals surface area contributed by atoms with Crippen LogP contribution in [-0.4, -0.2) is 35.6 Å². The molecule has 0 fully saturated rings. The van der Waals surface area contributed by atoms with Crippen molar-refractivity contribution in [2.75, 3.05) is 19.6 Å². The van der Waals surface area contributed by atoms with Crippen LogP contribution in [0.4, 0.5) is 0 Å². The molecule has 1 aromatic heterocycles. The lowest BCUT2D eigenvalue weighted by Crippen LogP contribution is -2.40. The van der Waals surface area contributed by atoms with Gasteiger partial charge >= 0.3 is 0 Å². The van der Waals surface area contributed by atoms with E-state index in [-0.39, 0.29) is 0 Å². The Morgan fingerprint density at radius 3 is 2.65 bits per heavy atom. The molecule has 96 valence electrons. The van der Waals surface area contributed by atoms with Gasteiger partial charge in [-0.1, -0.05) is 26.8 Å². The summed E-state index contributed by atoms with van der Waals surface area (Å²) in [4.78, 5) is 6.83. The van der Waals surface area contributed by atoms with Crippen molar-refractivity contribution in [3.8, 4) is 0 Å². The molecule has 1 heterocycles. The molecule has 0 saturated carbocycles. The Kier molecular flexibility index (Phi) is 6.82. The number of nitrogens with one attached hydrogen (secondary N) is 1. The summed E-state index contributed by atoms with van der Waals surface area (Å²) < 4.78 is 0. The third-order valence-corrected chi connectivity index (χ3v) is 3.02. The summed E-state index contributed by atoms with van der Waals surface area (Å²) in [6.07, 6.45) is 3.04. The minimum Gasteiger partial charge on any atom is -0.313 e. The van der Waals surface area contributed by atoms with E-state index in [0.717, 1.165) is 31.9 Å². The quantitative estimate of drug-likeness (QED) is 0.749. The smallest absolute Gasteiger partial charge is 0.0543 e. The highest BCUT2D eigenvalue weighted by Crippen LogP contribution is 2.03. The number of hydrogen-bond acceptors (Lipinski definition) is 3. The number of pyridine rings is 1. The van der Waals surface area contributed by atoms with Crippen LogP contribution < -0.4 is 5.32 Å². The third-order valence-electron chi connectivity index (χ3n) is 3.02. The highest BCUT2D eigenvalue weighted by Gasteiger charge is 2.10. The number of rotatable bonds is 8. The minimum absolute atomic E-state index is 0.587. The second-order valence-electron chi connectivity index (χ2n) is 4.31. The van der Waals surface area contributed by atoms with E-state index in [1.54, 1.807) is 0 Å². The van der Waals surface area contributed by atoms with Crippen LogP contribution in [0.5, 0.6) is 0 Å². The Hall–Kier alpha value is -0.930. The lowest BCUT2D eigenvalue weighted by Gasteiger charge is -2.26. The number of aromatic nitrogens is 1. The van der Waals surface area contributed by atoms with E-state index in [1.807, 2.05) is 12.3 Å². The van der Waals surface area contributed by atoms with E-state index < -0.39 is 0 Å². The van der Waals surface area contributed by atoms with Crippen molar-refractivity contribution in [3.63, 3.8) is 0 Å². The summed E-state index contributed by atoms with van der Waals surface area (Å²) >= 11 is 0. The summed E-state index contributed by atoms with van der Waals surface area (Å²) in [5.74, 6) is 0. The molecule has 1 aromatic rings. The molecule has 3 nitrogen and oxygen atoms in total.